The molecule has 1 aromatic rings. The van der Waals surface area contributed by atoms with Crippen LogP contribution in [-0.4, -0.2) is 26.2 Å². The highest BCUT2D eigenvalue weighted by Crippen LogP contribution is 2.29. The number of hydrogen-bond acceptors (Lipinski definition) is 3. The minimum Gasteiger partial charge on any atom is -0.294 e. The molecule has 0 bridgehead atoms. The summed E-state index contributed by atoms with van der Waals surface area (Å²) in [4.78, 5) is 11.6. The maximum absolute atomic E-state index is 12.3. The molecule has 0 aliphatic carbocycles. The lowest BCUT2D eigenvalue weighted by atomic mass is 10.1. The van der Waals surface area contributed by atoms with Crippen molar-refractivity contribution in [2.75, 3.05) is 12.0 Å². The molecule has 0 spiro atoms. The van der Waals surface area contributed by atoms with Gasteiger partial charge in [0.1, 0.15) is 9.84 Å². The van der Waals surface area contributed by atoms with Crippen molar-refractivity contribution >= 4 is 15.6 Å². The highest BCUT2D eigenvalue weighted by atomic mass is 32.2. The minimum absolute atomic E-state index is 0.00155. The van der Waals surface area contributed by atoms with E-state index in [0.29, 0.717) is 0 Å². The molecule has 0 heterocycles. The van der Waals surface area contributed by atoms with Crippen LogP contribution < -0.4 is 0 Å². The second-order valence-corrected chi connectivity index (χ2v) is 6.49. The second-order valence-electron chi connectivity index (χ2n) is 4.23. The van der Waals surface area contributed by atoms with Crippen LogP contribution in [0.15, 0.2) is 24.3 Å². The molecule has 19 heavy (non-hydrogen) atoms. The van der Waals surface area contributed by atoms with Crippen LogP contribution in [0, 0.1) is 0 Å². The summed E-state index contributed by atoms with van der Waals surface area (Å²) in [6, 6.07) is 3.88. The van der Waals surface area contributed by atoms with Gasteiger partial charge in [-0.2, -0.15) is 13.2 Å². The van der Waals surface area contributed by atoms with E-state index in [1.54, 1.807) is 0 Å². The van der Waals surface area contributed by atoms with Gasteiger partial charge in [0.25, 0.3) is 0 Å². The standard InChI is InChI=1S/C12H13F3O3S/c1-19(17,18)8-2-3-11(16)9-4-6-10(7-5-9)12(13,14)15/h4-7H,2-3,8H2,1H3. The van der Waals surface area contributed by atoms with Gasteiger partial charge in [0.15, 0.2) is 5.78 Å². The summed E-state index contributed by atoms with van der Waals surface area (Å²) in [6.07, 6.45) is -3.20. The Hall–Kier alpha value is -1.37. The number of sulfone groups is 1. The number of hydrogen-bond donors (Lipinski definition) is 0. The Labute approximate surface area is 109 Å². The molecule has 3 nitrogen and oxygen atoms in total. The Morgan fingerprint density at radius 1 is 1.16 bits per heavy atom. The van der Waals surface area contributed by atoms with Gasteiger partial charge in [0.05, 0.1) is 11.3 Å². The predicted molar refractivity (Wildman–Crippen MR) is 64.7 cm³/mol. The molecule has 106 valence electrons. The van der Waals surface area contributed by atoms with Crippen LogP contribution >= 0.6 is 0 Å². The predicted octanol–water partition coefficient (Wildman–Crippen LogP) is 2.71. The highest BCUT2D eigenvalue weighted by molar-refractivity contribution is 7.90. The van der Waals surface area contributed by atoms with E-state index in [-0.39, 0.29) is 29.9 Å². The summed E-state index contributed by atoms with van der Waals surface area (Å²) in [6.45, 7) is 0. The quantitative estimate of drug-likeness (QED) is 0.785. The summed E-state index contributed by atoms with van der Waals surface area (Å²) in [5.41, 5.74) is -0.665. The van der Waals surface area contributed by atoms with Gasteiger partial charge in [-0.15, -0.1) is 0 Å². The first kappa shape index (κ1) is 15.7. The van der Waals surface area contributed by atoms with Crippen molar-refractivity contribution < 1.29 is 26.4 Å². The van der Waals surface area contributed by atoms with E-state index in [2.05, 4.69) is 0 Å². The van der Waals surface area contributed by atoms with Gasteiger partial charge in [-0.25, -0.2) is 8.42 Å². The normalized spacial score (nSPS) is 12.4. The molecule has 0 amide bonds. The van der Waals surface area contributed by atoms with Gasteiger partial charge in [-0.1, -0.05) is 12.1 Å². The lowest BCUT2D eigenvalue weighted by molar-refractivity contribution is -0.137. The number of ketones is 1. The molecule has 0 atom stereocenters. The zero-order valence-corrected chi connectivity index (χ0v) is 11.0. The summed E-state index contributed by atoms with van der Waals surface area (Å²) in [7, 11) is -3.13. The summed E-state index contributed by atoms with van der Waals surface area (Å²) < 4.78 is 58.6. The molecule has 0 aliphatic heterocycles. The smallest absolute Gasteiger partial charge is 0.294 e. The Bertz CT molecular complexity index is 545. The van der Waals surface area contributed by atoms with Gasteiger partial charge < -0.3 is 0 Å². The van der Waals surface area contributed by atoms with Crippen LogP contribution in [0.3, 0.4) is 0 Å². The topological polar surface area (TPSA) is 51.2 Å². The highest BCUT2D eigenvalue weighted by Gasteiger charge is 2.30. The van der Waals surface area contributed by atoms with Crippen LogP contribution in [0.1, 0.15) is 28.8 Å². The van der Waals surface area contributed by atoms with Crippen molar-refractivity contribution in [1.29, 1.82) is 0 Å². The molecular formula is C12H13F3O3S. The van der Waals surface area contributed by atoms with Crippen LogP contribution in [0.4, 0.5) is 13.2 Å². The zero-order chi connectivity index (χ0) is 14.7. The van der Waals surface area contributed by atoms with E-state index in [1.807, 2.05) is 0 Å². The van der Waals surface area contributed by atoms with Crippen LogP contribution in [0.2, 0.25) is 0 Å². The first-order valence-corrected chi connectivity index (χ1v) is 7.54. The van der Waals surface area contributed by atoms with E-state index < -0.39 is 21.6 Å². The van der Waals surface area contributed by atoms with Gasteiger partial charge in [-0.05, 0) is 18.6 Å². The molecule has 1 rings (SSSR count). The largest absolute Gasteiger partial charge is 0.416 e. The van der Waals surface area contributed by atoms with Gasteiger partial charge >= 0.3 is 6.18 Å². The fourth-order valence-electron chi connectivity index (χ4n) is 1.48. The van der Waals surface area contributed by atoms with Crippen molar-refractivity contribution in [2.24, 2.45) is 0 Å². The number of Topliss-reactive ketones (excluding diaryl/α,β-unsaturated/α-hetero) is 1. The molecule has 0 radical (unpaired) electrons. The lowest BCUT2D eigenvalue weighted by Crippen LogP contribution is -2.08. The average molecular weight is 294 g/mol. The van der Waals surface area contributed by atoms with E-state index in [9.17, 15) is 26.4 Å². The van der Waals surface area contributed by atoms with Crippen LogP contribution in [0.5, 0.6) is 0 Å². The molecule has 0 unspecified atom stereocenters. The molecular weight excluding hydrogens is 281 g/mol. The number of benzene rings is 1. The molecule has 0 aromatic heterocycles. The number of alkyl halides is 3. The molecule has 0 aliphatic rings. The number of carbonyl (C=O) groups is 1. The maximum atomic E-state index is 12.3. The first-order chi connectivity index (χ1) is 8.59. The molecule has 0 N–H and O–H groups in total. The average Bonchev–Trinajstić information content (AvgIpc) is 2.26. The minimum atomic E-state index is -4.43. The van der Waals surface area contributed by atoms with Gasteiger partial charge in [-0.3, -0.25) is 4.79 Å². The Morgan fingerprint density at radius 3 is 2.11 bits per heavy atom. The van der Waals surface area contributed by atoms with E-state index in [4.69, 9.17) is 0 Å². The Morgan fingerprint density at radius 2 is 1.68 bits per heavy atom. The van der Waals surface area contributed by atoms with E-state index >= 15 is 0 Å². The molecule has 0 fully saturated rings. The number of halogens is 3. The summed E-state index contributed by atoms with van der Waals surface area (Å²) >= 11 is 0. The van der Waals surface area contributed by atoms with Crippen molar-refractivity contribution in [3.63, 3.8) is 0 Å². The molecule has 7 heteroatoms. The molecule has 0 saturated heterocycles. The number of carbonyl (C=O) groups excluding carboxylic acids is 1. The third kappa shape index (κ3) is 5.42. The monoisotopic (exact) mass is 294 g/mol. The fraction of sp³-hybridized carbons (Fsp3) is 0.417. The molecule has 1 aromatic carbocycles. The molecule has 0 saturated carbocycles. The third-order valence-corrected chi connectivity index (χ3v) is 3.48. The maximum Gasteiger partial charge on any atom is 0.416 e. The van der Waals surface area contributed by atoms with E-state index in [0.717, 1.165) is 30.5 Å². The Kier molecular flexibility index (Phi) is 4.73. The van der Waals surface area contributed by atoms with Crippen molar-refractivity contribution in [1.82, 2.24) is 0 Å². The van der Waals surface area contributed by atoms with Crippen LogP contribution in [0.25, 0.3) is 0 Å². The lowest BCUT2D eigenvalue weighted by Gasteiger charge is -2.07. The second kappa shape index (κ2) is 5.73. The zero-order valence-electron chi connectivity index (χ0n) is 10.2. The van der Waals surface area contributed by atoms with Crippen molar-refractivity contribution in [3.8, 4) is 0 Å². The SMILES string of the molecule is CS(=O)(=O)CCCC(=O)c1ccc(C(F)(F)F)cc1. The number of rotatable bonds is 5. The van der Waals surface area contributed by atoms with Crippen molar-refractivity contribution in [3.05, 3.63) is 35.4 Å². The first-order valence-electron chi connectivity index (χ1n) is 5.48. The third-order valence-electron chi connectivity index (χ3n) is 2.45. The Balaban J connectivity index is 2.64. The summed E-state index contributed by atoms with van der Waals surface area (Å²) in [5.74, 6) is -0.475. The van der Waals surface area contributed by atoms with Crippen molar-refractivity contribution in [2.45, 2.75) is 19.0 Å². The fourth-order valence-corrected chi connectivity index (χ4v) is 2.15. The van der Waals surface area contributed by atoms with Gasteiger partial charge in [0, 0.05) is 18.2 Å². The summed E-state index contributed by atoms with van der Waals surface area (Å²) in [5, 5.41) is 0. The van der Waals surface area contributed by atoms with Gasteiger partial charge in [0.2, 0.25) is 0 Å². The van der Waals surface area contributed by atoms with E-state index in [1.165, 1.54) is 0 Å². The van der Waals surface area contributed by atoms with Crippen LogP contribution in [-0.2, 0) is 16.0 Å².